The molecule has 0 aliphatic rings. The topological polar surface area (TPSA) is 69.0 Å². The normalized spacial score (nSPS) is 10.5. The van der Waals surface area contributed by atoms with Crippen LogP contribution in [0.5, 0.6) is 5.88 Å². The van der Waals surface area contributed by atoms with Crippen molar-refractivity contribution < 1.29 is 9.53 Å². The molecule has 0 aliphatic carbocycles. The van der Waals surface area contributed by atoms with Gasteiger partial charge in [-0.15, -0.1) is 0 Å². The number of nitrogens with zero attached hydrogens (tertiary/aromatic N) is 3. The molecule has 0 spiro atoms. The fourth-order valence-electron chi connectivity index (χ4n) is 2.70. The van der Waals surface area contributed by atoms with Crippen molar-refractivity contribution in [2.24, 2.45) is 0 Å². The fourth-order valence-corrected chi connectivity index (χ4v) is 2.70. The summed E-state index contributed by atoms with van der Waals surface area (Å²) < 4.78 is 6.82. The average molecular weight is 336 g/mol. The molecule has 0 atom stereocenters. The molecule has 0 radical (unpaired) electrons. The van der Waals surface area contributed by atoms with E-state index in [0.29, 0.717) is 23.7 Å². The van der Waals surface area contributed by atoms with Crippen LogP contribution in [-0.2, 0) is 6.54 Å². The van der Waals surface area contributed by atoms with Crippen LogP contribution in [0.3, 0.4) is 0 Å². The van der Waals surface area contributed by atoms with Gasteiger partial charge in [-0.2, -0.15) is 5.10 Å². The van der Waals surface area contributed by atoms with Crippen molar-refractivity contribution in [2.75, 3.05) is 7.11 Å². The molecular weight excluding hydrogens is 316 g/mol. The van der Waals surface area contributed by atoms with E-state index in [9.17, 15) is 4.79 Å². The van der Waals surface area contributed by atoms with Crippen LogP contribution in [0.4, 0.5) is 0 Å². The molecule has 0 bridgehead atoms. The number of hydrogen-bond acceptors (Lipinski definition) is 4. The Bertz CT molecular complexity index is 870. The minimum absolute atomic E-state index is 0.145. The summed E-state index contributed by atoms with van der Waals surface area (Å²) in [6, 6.07) is 13.4. The lowest BCUT2D eigenvalue weighted by Gasteiger charge is -2.07. The van der Waals surface area contributed by atoms with Gasteiger partial charge in [-0.25, -0.2) is 9.67 Å². The number of ether oxygens (including phenoxy) is 1. The maximum Gasteiger partial charge on any atom is 0.255 e. The molecule has 2 heterocycles. The zero-order valence-corrected chi connectivity index (χ0v) is 14.5. The van der Waals surface area contributed by atoms with E-state index in [1.165, 1.54) is 0 Å². The number of aryl methyl sites for hydroxylation is 1. The number of carbonyl (C=O) groups is 1. The Labute approximate surface area is 146 Å². The highest BCUT2D eigenvalue weighted by Gasteiger charge is 2.19. The zero-order valence-electron chi connectivity index (χ0n) is 14.5. The van der Waals surface area contributed by atoms with E-state index in [1.807, 2.05) is 50.2 Å². The van der Waals surface area contributed by atoms with Crippen molar-refractivity contribution in [1.82, 2.24) is 20.1 Å². The second kappa shape index (κ2) is 7.17. The Balaban J connectivity index is 1.77. The molecule has 2 aromatic heterocycles. The van der Waals surface area contributed by atoms with Crippen LogP contribution >= 0.6 is 0 Å². The van der Waals surface area contributed by atoms with Gasteiger partial charge in [0.1, 0.15) is 0 Å². The molecule has 25 heavy (non-hydrogen) atoms. The van der Waals surface area contributed by atoms with Crippen LogP contribution in [0.1, 0.15) is 27.3 Å². The summed E-state index contributed by atoms with van der Waals surface area (Å²) in [7, 11) is 1.57. The first-order valence-corrected chi connectivity index (χ1v) is 7.99. The first kappa shape index (κ1) is 16.7. The van der Waals surface area contributed by atoms with E-state index in [-0.39, 0.29) is 5.91 Å². The quantitative estimate of drug-likeness (QED) is 0.778. The van der Waals surface area contributed by atoms with Crippen LogP contribution in [0, 0.1) is 13.8 Å². The molecule has 1 aromatic carbocycles. The van der Waals surface area contributed by atoms with E-state index in [2.05, 4.69) is 15.4 Å². The number of hydrogen-bond donors (Lipinski definition) is 1. The van der Waals surface area contributed by atoms with Gasteiger partial charge in [-0.05, 0) is 31.5 Å². The third kappa shape index (κ3) is 3.52. The Morgan fingerprint density at radius 3 is 2.56 bits per heavy atom. The molecule has 1 amide bonds. The van der Waals surface area contributed by atoms with Gasteiger partial charge in [0.15, 0.2) is 0 Å². The third-order valence-electron chi connectivity index (χ3n) is 3.98. The van der Waals surface area contributed by atoms with Crippen molar-refractivity contribution in [1.29, 1.82) is 0 Å². The van der Waals surface area contributed by atoms with Gasteiger partial charge in [0, 0.05) is 18.8 Å². The number of amides is 1. The van der Waals surface area contributed by atoms with Gasteiger partial charge >= 0.3 is 0 Å². The Morgan fingerprint density at radius 2 is 1.92 bits per heavy atom. The molecular formula is C19H20N4O2. The molecule has 3 aromatic rings. The standard InChI is InChI=1S/C19H20N4O2/c1-13-18(14(2)23(22-13)16-7-5-4-6-8-16)19(24)21-12-15-9-10-17(25-3)20-11-15/h4-11H,12H2,1-3H3,(H,21,24). The first-order chi connectivity index (χ1) is 12.1. The summed E-state index contributed by atoms with van der Waals surface area (Å²) in [5.41, 5.74) is 3.95. The van der Waals surface area contributed by atoms with Gasteiger partial charge in [0.25, 0.3) is 5.91 Å². The highest BCUT2D eigenvalue weighted by atomic mass is 16.5. The van der Waals surface area contributed by atoms with E-state index >= 15 is 0 Å². The van der Waals surface area contributed by atoms with Gasteiger partial charge < -0.3 is 10.1 Å². The van der Waals surface area contributed by atoms with Crippen LogP contribution < -0.4 is 10.1 Å². The number of rotatable bonds is 5. The van der Waals surface area contributed by atoms with Crippen LogP contribution in [0.15, 0.2) is 48.7 Å². The number of aromatic nitrogens is 3. The molecule has 0 saturated carbocycles. The van der Waals surface area contributed by atoms with Crippen molar-refractivity contribution >= 4 is 5.91 Å². The fraction of sp³-hybridized carbons (Fsp3) is 0.211. The minimum Gasteiger partial charge on any atom is -0.481 e. The predicted octanol–water partition coefficient (Wildman–Crippen LogP) is 2.82. The lowest BCUT2D eigenvalue weighted by molar-refractivity contribution is 0.0949. The van der Waals surface area contributed by atoms with E-state index in [1.54, 1.807) is 24.1 Å². The summed E-state index contributed by atoms with van der Waals surface area (Å²) in [4.78, 5) is 16.8. The predicted molar refractivity (Wildman–Crippen MR) is 95.0 cm³/mol. The van der Waals surface area contributed by atoms with Gasteiger partial charge in [-0.1, -0.05) is 24.3 Å². The van der Waals surface area contributed by atoms with Crippen LogP contribution in [0.25, 0.3) is 5.69 Å². The van der Waals surface area contributed by atoms with Crippen molar-refractivity contribution in [3.8, 4) is 11.6 Å². The van der Waals surface area contributed by atoms with Gasteiger partial charge in [0.2, 0.25) is 5.88 Å². The molecule has 0 fully saturated rings. The monoisotopic (exact) mass is 336 g/mol. The summed E-state index contributed by atoms with van der Waals surface area (Å²) in [5.74, 6) is 0.402. The number of benzene rings is 1. The largest absolute Gasteiger partial charge is 0.481 e. The average Bonchev–Trinajstić information content (AvgIpc) is 2.95. The Morgan fingerprint density at radius 1 is 1.16 bits per heavy atom. The molecule has 0 unspecified atom stereocenters. The summed E-state index contributed by atoms with van der Waals surface area (Å²) in [6.07, 6.45) is 1.69. The maximum absolute atomic E-state index is 12.6. The van der Waals surface area contributed by atoms with Crippen LogP contribution in [-0.4, -0.2) is 27.8 Å². The molecule has 3 rings (SSSR count). The Kier molecular flexibility index (Phi) is 4.79. The molecule has 0 aliphatic heterocycles. The van der Waals surface area contributed by atoms with Gasteiger partial charge in [-0.3, -0.25) is 4.79 Å². The summed E-state index contributed by atoms with van der Waals surface area (Å²) in [6.45, 7) is 4.14. The number of methoxy groups -OCH3 is 1. The molecule has 0 saturated heterocycles. The lowest BCUT2D eigenvalue weighted by Crippen LogP contribution is -2.24. The minimum atomic E-state index is -0.145. The smallest absolute Gasteiger partial charge is 0.255 e. The lowest BCUT2D eigenvalue weighted by atomic mass is 10.1. The zero-order chi connectivity index (χ0) is 17.8. The first-order valence-electron chi connectivity index (χ1n) is 7.99. The molecule has 6 heteroatoms. The molecule has 6 nitrogen and oxygen atoms in total. The molecule has 128 valence electrons. The number of carbonyl (C=O) groups excluding carboxylic acids is 1. The SMILES string of the molecule is COc1ccc(CNC(=O)c2c(C)nn(-c3ccccc3)c2C)cn1. The second-order valence-electron chi connectivity index (χ2n) is 5.68. The highest BCUT2D eigenvalue weighted by Crippen LogP contribution is 2.18. The number of pyridine rings is 1. The summed E-state index contributed by atoms with van der Waals surface area (Å²) in [5, 5.41) is 7.43. The number of para-hydroxylation sites is 1. The second-order valence-corrected chi connectivity index (χ2v) is 5.68. The van der Waals surface area contributed by atoms with Crippen LogP contribution in [0.2, 0.25) is 0 Å². The highest BCUT2D eigenvalue weighted by molar-refractivity contribution is 5.96. The van der Waals surface area contributed by atoms with E-state index in [0.717, 1.165) is 16.9 Å². The van der Waals surface area contributed by atoms with Crippen molar-refractivity contribution in [3.05, 3.63) is 71.2 Å². The van der Waals surface area contributed by atoms with E-state index < -0.39 is 0 Å². The third-order valence-corrected chi connectivity index (χ3v) is 3.98. The van der Waals surface area contributed by atoms with Gasteiger partial charge in [0.05, 0.1) is 29.7 Å². The van der Waals surface area contributed by atoms with Crippen molar-refractivity contribution in [2.45, 2.75) is 20.4 Å². The molecule has 1 N–H and O–H groups in total. The Hall–Kier alpha value is -3.15. The van der Waals surface area contributed by atoms with Crippen molar-refractivity contribution in [3.63, 3.8) is 0 Å². The summed E-state index contributed by atoms with van der Waals surface area (Å²) >= 11 is 0. The number of nitrogens with one attached hydrogen (secondary N) is 1. The van der Waals surface area contributed by atoms with E-state index in [4.69, 9.17) is 4.74 Å². The maximum atomic E-state index is 12.6.